The van der Waals surface area contributed by atoms with E-state index in [0.29, 0.717) is 0 Å². The van der Waals surface area contributed by atoms with E-state index in [1.807, 2.05) is 0 Å². The molecule has 1 aliphatic carbocycles. The summed E-state index contributed by atoms with van der Waals surface area (Å²) in [5.41, 5.74) is 3.13. The van der Waals surface area contributed by atoms with Crippen LogP contribution in [0.4, 0.5) is 0 Å². The van der Waals surface area contributed by atoms with Crippen LogP contribution < -0.4 is 0 Å². The SMILES string of the molecule is CCC(C)=CCC1=CC1. The van der Waals surface area contributed by atoms with E-state index >= 15 is 0 Å². The van der Waals surface area contributed by atoms with Gasteiger partial charge >= 0.3 is 0 Å². The van der Waals surface area contributed by atoms with Crippen LogP contribution in [0.3, 0.4) is 0 Å². The maximum atomic E-state index is 2.33. The molecule has 0 fully saturated rings. The molecule has 0 amide bonds. The Morgan fingerprint density at radius 3 is 2.89 bits per heavy atom. The fourth-order valence-corrected chi connectivity index (χ4v) is 0.688. The van der Waals surface area contributed by atoms with Crippen LogP contribution in [0.1, 0.15) is 33.1 Å². The summed E-state index contributed by atoms with van der Waals surface area (Å²) in [6.07, 6.45) is 8.30. The maximum Gasteiger partial charge on any atom is -0.0133 e. The molecular weight excluding hydrogens is 108 g/mol. The molecule has 0 aromatic heterocycles. The minimum absolute atomic E-state index is 1.20. The fraction of sp³-hybridized carbons (Fsp3) is 0.556. The Labute approximate surface area is 57.3 Å². The highest BCUT2D eigenvalue weighted by atomic mass is 14.1. The van der Waals surface area contributed by atoms with Gasteiger partial charge in [-0.05, 0) is 26.2 Å². The summed E-state index contributed by atoms with van der Waals surface area (Å²) >= 11 is 0. The van der Waals surface area contributed by atoms with Gasteiger partial charge < -0.3 is 0 Å². The average molecular weight is 122 g/mol. The first kappa shape index (κ1) is 6.60. The van der Waals surface area contributed by atoms with Gasteiger partial charge in [0.2, 0.25) is 0 Å². The van der Waals surface area contributed by atoms with E-state index in [-0.39, 0.29) is 0 Å². The molecule has 0 nitrogen and oxygen atoms in total. The summed E-state index contributed by atoms with van der Waals surface area (Å²) in [4.78, 5) is 0. The summed E-state index contributed by atoms with van der Waals surface area (Å²) in [7, 11) is 0. The molecule has 0 atom stereocenters. The number of hydrogen-bond acceptors (Lipinski definition) is 0. The molecule has 0 N–H and O–H groups in total. The van der Waals surface area contributed by atoms with E-state index in [1.165, 1.54) is 24.8 Å². The fourth-order valence-electron chi connectivity index (χ4n) is 0.688. The molecule has 0 unspecified atom stereocenters. The molecular formula is C9H14. The largest absolute Gasteiger partial charge is 0.0815 e. The Morgan fingerprint density at radius 1 is 1.78 bits per heavy atom. The van der Waals surface area contributed by atoms with Gasteiger partial charge in [0.1, 0.15) is 0 Å². The molecule has 0 spiro atoms. The standard InChI is InChI=1S/C9H14/c1-3-8(2)4-5-9-6-7-9/h4,6H,3,5,7H2,1-2H3. The van der Waals surface area contributed by atoms with E-state index in [9.17, 15) is 0 Å². The number of allylic oxidation sites excluding steroid dienone is 4. The van der Waals surface area contributed by atoms with E-state index in [0.717, 1.165) is 0 Å². The summed E-state index contributed by atoms with van der Waals surface area (Å²) in [5.74, 6) is 0. The third-order valence-corrected chi connectivity index (χ3v) is 1.76. The summed E-state index contributed by atoms with van der Waals surface area (Å²) in [6.45, 7) is 4.40. The molecule has 0 aliphatic heterocycles. The van der Waals surface area contributed by atoms with Crippen LogP contribution in [-0.2, 0) is 0 Å². The maximum absolute atomic E-state index is 2.33. The van der Waals surface area contributed by atoms with E-state index in [2.05, 4.69) is 26.0 Å². The van der Waals surface area contributed by atoms with Gasteiger partial charge in [0.15, 0.2) is 0 Å². The Balaban J connectivity index is 2.20. The van der Waals surface area contributed by atoms with Gasteiger partial charge in [-0.3, -0.25) is 0 Å². The molecule has 0 saturated carbocycles. The first-order valence-electron chi connectivity index (χ1n) is 3.66. The predicted octanol–water partition coefficient (Wildman–Crippen LogP) is 3.06. The van der Waals surface area contributed by atoms with Crippen LogP contribution in [0.5, 0.6) is 0 Å². The lowest BCUT2D eigenvalue weighted by Crippen LogP contribution is -1.70. The first-order valence-corrected chi connectivity index (χ1v) is 3.66. The van der Waals surface area contributed by atoms with Crippen LogP contribution in [-0.4, -0.2) is 0 Å². The minimum Gasteiger partial charge on any atom is -0.0815 e. The zero-order chi connectivity index (χ0) is 6.69. The Bertz CT molecular complexity index is 149. The van der Waals surface area contributed by atoms with E-state index in [1.54, 1.807) is 5.57 Å². The van der Waals surface area contributed by atoms with Gasteiger partial charge in [-0.1, -0.05) is 30.2 Å². The highest BCUT2D eigenvalue weighted by Gasteiger charge is 2.03. The second kappa shape index (κ2) is 2.86. The van der Waals surface area contributed by atoms with Gasteiger partial charge in [0, 0.05) is 0 Å². The zero-order valence-electron chi connectivity index (χ0n) is 6.28. The van der Waals surface area contributed by atoms with Crippen molar-refractivity contribution < 1.29 is 0 Å². The minimum atomic E-state index is 1.20. The van der Waals surface area contributed by atoms with Gasteiger partial charge in [-0.15, -0.1) is 0 Å². The van der Waals surface area contributed by atoms with Crippen LogP contribution >= 0.6 is 0 Å². The Kier molecular flexibility index (Phi) is 2.10. The molecule has 0 saturated heterocycles. The van der Waals surface area contributed by atoms with Crippen LogP contribution in [0.25, 0.3) is 0 Å². The summed E-state index contributed by atoms with van der Waals surface area (Å²) in [5, 5.41) is 0. The van der Waals surface area contributed by atoms with Crippen LogP contribution in [0, 0.1) is 0 Å². The molecule has 0 radical (unpaired) electrons. The van der Waals surface area contributed by atoms with Crippen molar-refractivity contribution in [3.8, 4) is 0 Å². The lowest BCUT2D eigenvalue weighted by molar-refractivity contribution is 1.07. The number of hydrogen-bond donors (Lipinski definition) is 0. The normalized spacial score (nSPS) is 17.6. The van der Waals surface area contributed by atoms with E-state index < -0.39 is 0 Å². The lowest BCUT2D eigenvalue weighted by atomic mass is 10.2. The van der Waals surface area contributed by atoms with Crippen molar-refractivity contribution in [2.45, 2.75) is 33.1 Å². The second-order valence-electron chi connectivity index (χ2n) is 2.67. The third-order valence-electron chi connectivity index (χ3n) is 1.76. The van der Waals surface area contributed by atoms with Crippen molar-refractivity contribution >= 4 is 0 Å². The molecule has 1 rings (SSSR count). The lowest BCUT2D eigenvalue weighted by Gasteiger charge is -1.90. The van der Waals surface area contributed by atoms with Crippen molar-refractivity contribution in [2.24, 2.45) is 0 Å². The van der Waals surface area contributed by atoms with Crippen LogP contribution in [0.2, 0.25) is 0 Å². The van der Waals surface area contributed by atoms with Gasteiger partial charge in [-0.2, -0.15) is 0 Å². The Morgan fingerprint density at radius 2 is 2.44 bits per heavy atom. The number of rotatable bonds is 3. The first-order chi connectivity index (χ1) is 4.33. The van der Waals surface area contributed by atoms with Crippen molar-refractivity contribution in [2.75, 3.05) is 0 Å². The van der Waals surface area contributed by atoms with E-state index in [4.69, 9.17) is 0 Å². The zero-order valence-corrected chi connectivity index (χ0v) is 6.28. The third kappa shape index (κ3) is 2.50. The Hall–Kier alpha value is -0.520. The molecule has 0 aromatic carbocycles. The van der Waals surface area contributed by atoms with Crippen LogP contribution in [0.15, 0.2) is 23.3 Å². The quantitative estimate of drug-likeness (QED) is 0.505. The monoisotopic (exact) mass is 122 g/mol. The molecule has 0 heteroatoms. The summed E-state index contributed by atoms with van der Waals surface area (Å²) in [6, 6.07) is 0. The van der Waals surface area contributed by atoms with Crippen molar-refractivity contribution in [1.29, 1.82) is 0 Å². The molecule has 1 aliphatic rings. The van der Waals surface area contributed by atoms with Crippen molar-refractivity contribution in [3.05, 3.63) is 23.3 Å². The van der Waals surface area contributed by atoms with Crippen molar-refractivity contribution in [1.82, 2.24) is 0 Å². The molecule has 0 aromatic rings. The highest BCUT2D eigenvalue weighted by Crippen LogP contribution is 2.23. The van der Waals surface area contributed by atoms with Crippen molar-refractivity contribution in [3.63, 3.8) is 0 Å². The smallest absolute Gasteiger partial charge is 0.0133 e. The topological polar surface area (TPSA) is 0 Å². The summed E-state index contributed by atoms with van der Waals surface area (Å²) < 4.78 is 0. The van der Waals surface area contributed by atoms with Gasteiger partial charge in [0.25, 0.3) is 0 Å². The van der Waals surface area contributed by atoms with Gasteiger partial charge in [-0.25, -0.2) is 0 Å². The second-order valence-corrected chi connectivity index (χ2v) is 2.67. The highest BCUT2D eigenvalue weighted by molar-refractivity contribution is 5.25. The predicted molar refractivity (Wildman–Crippen MR) is 41.4 cm³/mol. The molecule has 50 valence electrons. The average Bonchev–Trinajstić information content (AvgIpc) is 2.65. The molecule has 0 bridgehead atoms. The van der Waals surface area contributed by atoms with Gasteiger partial charge in [0.05, 0.1) is 0 Å². The molecule has 0 heterocycles. The molecule has 9 heavy (non-hydrogen) atoms.